The van der Waals surface area contributed by atoms with Gasteiger partial charge < -0.3 is 9.47 Å². The zero-order valence-electron chi connectivity index (χ0n) is 20.2. The molecule has 1 heterocycles. The standard InChI is InChI=1S/C30H28O4Si/c1-33-28(31)30(29(32)34-2)19-24-25(20-30)27(22-15-9-5-10-16-22)35(3,23-17-11-6-12-18-23)26(24)21-13-7-4-8-14-21/h4-18H,19-20H2,1-3H3. The van der Waals surface area contributed by atoms with Crippen LogP contribution in [0.25, 0.3) is 10.4 Å². The molecule has 176 valence electrons. The van der Waals surface area contributed by atoms with Crippen LogP contribution in [0, 0.1) is 5.41 Å². The van der Waals surface area contributed by atoms with Crippen LogP contribution < -0.4 is 5.19 Å². The van der Waals surface area contributed by atoms with E-state index in [-0.39, 0.29) is 12.8 Å². The van der Waals surface area contributed by atoms with E-state index < -0.39 is 25.4 Å². The number of rotatable bonds is 5. The van der Waals surface area contributed by atoms with Crippen LogP contribution in [0.3, 0.4) is 0 Å². The van der Waals surface area contributed by atoms with Crippen molar-refractivity contribution in [3.63, 3.8) is 0 Å². The molecule has 1 saturated carbocycles. The molecule has 0 saturated heterocycles. The van der Waals surface area contributed by atoms with Crippen molar-refractivity contribution >= 4 is 35.6 Å². The van der Waals surface area contributed by atoms with Crippen LogP contribution in [-0.2, 0) is 19.1 Å². The number of carbonyl (C=O) groups excluding carboxylic acids is 2. The Bertz CT molecular complexity index is 1260. The Morgan fingerprint density at radius 2 is 1.03 bits per heavy atom. The van der Waals surface area contributed by atoms with Crippen LogP contribution in [0.4, 0.5) is 0 Å². The van der Waals surface area contributed by atoms with Gasteiger partial charge in [-0.05, 0) is 50.7 Å². The predicted octanol–water partition coefficient (Wildman–Crippen LogP) is 5.10. The zero-order chi connectivity index (χ0) is 24.6. The number of allylic oxidation sites excluding steroid dienone is 2. The molecule has 5 heteroatoms. The van der Waals surface area contributed by atoms with E-state index in [1.54, 1.807) is 0 Å². The average molecular weight is 481 g/mol. The zero-order valence-corrected chi connectivity index (χ0v) is 21.2. The van der Waals surface area contributed by atoms with E-state index in [0.29, 0.717) is 0 Å². The summed E-state index contributed by atoms with van der Waals surface area (Å²) in [4.78, 5) is 26.3. The van der Waals surface area contributed by atoms with Crippen molar-refractivity contribution in [2.24, 2.45) is 5.41 Å². The van der Waals surface area contributed by atoms with Crippen molar-refractivity contribution in [3.8, 4) is 0 Å². The third-order valence-electron chi connectivity index (χ3n) is 7.55. The van der Waals surface area contributed by atoms with Gasteiger partial charge in [-0.25, -0.2) is 0 Å². The maximum atomic E-state index is 13.1. The Morgan fingerprint density at radius 1 is 0.657 bits per heavy atom. The van der Waals surface area contributed by atoms with Crippen LogP contribution in [0.5, 0.6) is 0 Å². The summed E-state index contributed by atoms with van der Waals surface area (Å²) in [5, 5.41) is 3.81. The summed E-state index contributed by atoms with van der Waals surface area (Å²) in [6, 6.07) is 31.4. The third-order valence-corrected chi connectivity index (χ3v) is 12.2. The first kappa shape index (κ1) is 23.1. The van der Waals surface area contributed by atoms with Gasteiger partial charge in [0.05, 0.1) is 14.2 Å². The molecule has 0 N–H and O–H groups in total. The van der Waals surface area contributed by atoms with E-state index in [4.69, 9.17) is 9.47 Å². The van der Waals surface area contributed by atoms with E-state index in [0.717, 1.165) is 22.3 Å². The molecule has 35 heavy (non-hydrogen) atoms. The molecular formula is C30H28O4Si. The third kappa shape index (κ3) is 3.41. The van der Waals surface area contributed by atoms with Gasteiger partial charge in [-0.3, -0.25) is 9.59 Å². The summed E-state index contributed by atoms with van der Waals surface area (Å²) in [5.74, 6) is -1.08. The van der Waals surface area contributed by atoms with Crippen molar-refractivity contribution in [3.05, 3.63) is 113 Å². The van der Waals surface area contributed by atoms with Crippen molar-refractivity contribution in [1.29, 1.82) is 0 Å². The van der Waals surface area contributed by atoms with Gasteiger partial charge in [-0.2, -0.15) is 0 Å². The van der Waals surface area contributed by atoms with Crippen LogP contribution >= 0.6 is 0 Å². The van der Waals surface area contributed by atoms with E-state index in [1.165, 1.54) is 29.8 Å². The highest BCUT2D eigenvalue weighted by molar-refractivity contribution is 7.19. The van der Waals surface area contributed by atoms with Gasteiger partial charge in [0.1, 0.15) is 8.07 Å². The molecule has 0 atom stereocenters. The fourth-order valence-electron chi connectivity index (χ4n) is 6.04. The first-order valence-corrected chi connectivity index (χ1v) is 14.3. The van der Waals surface area contributed by atoms with Gasteiger partial charge in [0, 0.05) is 0 Å². The molecule has 0 radical (unpaired) electrons. The molecule has 0 spiro atoms. The van der Waals surface area contributed by atoms with E-state index in [2.05, 4.69) is 55.1 Å². The lowest BCUT2D eigenvalue weighted by Crippen LogP contribution is -2.47. The minimum atomic E-state index is -2.50. The largest absolute Gasteiger partial charge is 0.468 e. The molecule has 1 aliphatic heterocycles. The highest BCUT2D eigenvalue weighted by Crippen LogP contribution is 2.59. The highest BCUT2D eigenvalue weighted by atomic mass is 28.3. The number of benzene rings is 3. The monoisotopic (exact) mass is 480 g/mol. The molecule has 0 unspecified atom stereocenters. The Balaban J connectivity index is 1.86. The fourth-order valence-corrected chi connectivity index (χ4v) is 10.9. The van der Waals surface area contributed by atoms with Gasteiger partial charge in [-0.15, -0.1) is 0 Å². The molecule has 0 bridgehead atoms. The molecule has 1 aliphatic carbocycles. The number of ether oxygens (including phenoxy) is 2. The molecule has 1 fully saturated rings. The van der Waals surface area contributed by atoms with Crippen molar-refractivity contribution in [2.75, 3.05) is 14.2 Å². The first-order chi connectivity index (χ1) is 17.0. The lowest BCUT2D eigenvalue weighted by Gasteiger charge is -2.33. The molecule has 3 aromatic rings. The van der Waals surface area contributed by atoms with Crippen LogP contribution in [0.2, 0.25) is 6.55 Å². The smallest absolute Gasteiger partial charge is 0.323 e. The van der Waals surface area contributed by atoms with E-state index in [1.807, 2.05) is 42.5 Å². The van der Waals surface area contributed by atoms with Gasteiger partial charge >= 0.3 is 11.9 Å². The Hall–Kier alpha value is -3.70. The number of methoxy groups -OCH3 is 2. The number of hydrogen-bond donors (Lipinski definition) is 0. The molecule has 2 aliphatic rings. The second kappa shape index (κ2) is 8.82. The average Bonchev–Trinajstić information content (AvgIpc) is 3.40. The SMILES string of the molecule is COC(=O)C1(C(=O)OC)CC2=C(c3ccccc3)[Si](C)(c3ccccc3)C(c3ccccc3)=C2C1. The molecule has 5 rings (SSSR count). The Kier molecular flexibility index (Phi) is 5.81. The number of esters is 2. The number of hydrogen-bond acceptors (Lipinski definition) is 4. The molecular weight excluding hydrogens is 452 g/mol. The van der Waals surface area contributed by atoms with Gasteiger partial charge in [-0.1, -0.05) is 97.5 Å². The molecule has 0 amide bonds. The predicted molar refractivity (Wildman–Crippen MR) is 140 cm³/mol. The topological polar surface area (TPSA) is 52.6 Å². The van der Waals surface area contributed by atoms with Crippen molar-refractivity contribution in [1.82, 2.24) is 0 Å². The van der Waals surface area contributed by atoms with Gasteiger partial charge in [0.2, 0.25) is 0 Å². The number of fused-ring (bicyclic) bond motifs is 1. The quantitative estimate of drug-likeness (QED) is 0.290. The molecule has 4 nitrogen and oxygen atoms in total. The van der Waals surface area contributed by atoms with Gasteiger partial charge in [0.15, 0.2) is 5.41 Å². The van der Waals surface area contributed by atoms with Crippen molar-refractivity contribution in [2.45, 2.75) is 19.4 Å². The second-order valence-corrected chi connectivity index (χ2v) is 13.2. The fraction of sp³-hybridized carbons (Fsp3) is 0.200. The maximum Gasteiger partial charge on any atom is 0.323 e. The van der Waals surface area contributed by atoms with Crippen LogP contribution in [0.15, 0.2) is 102 Å². The molecule has 0 aromatic heterocycles. The van der Waals surface area contributed by atoms with Crippen LogP contribution in [0.1, 0.15) is 24.0 Å². The summed E-state index contributed by atoms with van der Waals surface area (Å²) in [5.41, 5.74) is 3.07. The second-order valence-electron chi connectivity index (χ2n) is 9.35. The van der Waals surface area contributed by atoms with E-state index >= 15 is 0 Å². The maximum absolute atomic E-state index is 13.1. The summed E-state index contributed by atoms with van der Waals surface area (Å²) in [6.07, 6.45) is 0.551. The lowest BCUT2D eigenvalue weighted by atomic mass is 9.85. The van der Waals surface area contributed by atoms with Crippen molar-refractivity contribution < 1.29 is 19.1 Å². The minimum Gasteiger partial charge on any atom is -0.468 e. The van der Waals surface area contributed by atoms with E-state index in [9.17, 15) is 9.59 Å². The normalized spacial score (nSPS) is 17.8. The summed E-state index contributed by atoms with van der Waals surface area (Å²) < 4.78 is 10.3. The van der Waals surface area contributed by atoms with Crippen LogP contribution in [-0.4, -0.2) is 34.2 Å². The first-order valence-electron chi connectivity index (χ1n) is 11.8. The minimum absolute atomic E-state index is 0.275. The summed E-state index contributed by atoms with van der Waals surface area (Å²) in [6.45, 7) is 2.39. The van der Waals surface area contributed by atoms with Gasteiger partial charge in [0.25, 0.3) is 0 Å². The summed E-state index contributed by atoms with van der Waals surface area (Å²) >= 11 is 0. The lowest BCUT2D eigenvalue weighted by molar-refractivity contribution is -0.168. The highest BCUT2D eigenvalue weighted by Gasteiger charge is 2.60. The Labute approximate surface area is 206 Å². The summed E-state index contributed by atoms with van der Waals surface area (Å²) in [7, 11) is 0.176. The number of carbonyl (C=O) groups is 2. The molecule has 3 aromatic carbocycles. The Morgan fingerprint density at radius 3 is 1.40 bits per heavy atom.